The summed E-state index contributed by atoms with van der Waals surface area (Å²) >= 11 is 1.79. The summed E-state index contributed by atoms with van der Waals surface area (Å²) in [5.74, 6) is 1.04. The third-order valence-electron chi connectivity index (χ3n) is 2.84. The number of hydrogen-bond acceptors (Lipinski definition) is 2. The van der Waals surface area contributed by atoms with Gasteiger partial charge in [0.2, 0.25) is 0 Å². The van der Waals surface area contributed by atoms with Crippen LogP contribution in [0.5, 0.6) is 0 Å². The van der Waals surface area contributed by atoms with Crippen molar-refractivity contribution in [1.29, 1.82) is 0 Å². The quantitative estimate of drug-likeness (QED) is 0.723. The molecule has 1 aromatic rings. The fourth-order valence-electron chi connectivity index (χ4n) is 1.77. The third-order valence-corrected chi connectivity index (χ3v) is 3.47. The van der Waals surface area contributed by atoms with Crippen LogP contribution < -0.4 is 5.32 Å². The second kappa shape index (κ2) is 9.03. The zero-order chi connectivity index (χ0) is 13.2. The molecule has 0 saturated heterocycles. The van der Waals surface area contributed by atoms with Gasteiger partial charge in [-0.3, -0.25) is 4.79 Å². The van der Waals surface area contributed by atoms with Gasteiger partial charge in [-0.25, -0.2) is 0 Å². The van der Waals surface area contributed by atoms with Crippen LogP contribution in [0.1, 0.15) is 48.5 Å². The number of carbonyl (C=O) groups is 1. The standard InChI is InChI=1S/C15H23NOS/c1-3-4-5-6-11-16-15(17)14-9-7-13(8-10-14)12-18-2/h7-10H,3-6,11-12H2,1-2H3,(H,16,17). The monoisotopic (exact) mass is 265 g/mol. The fraction of sp³-hybridized carbons (Fsp3) is 0.533. The predicted molar refractivity (Wildman–Crippen MR) is 80.1 cm³/mol. The molecule has 0 unspecified atom stereocenters. The summed E-state index contributed by atoms with van der Waals surface area (Å²) in [7, 11) is 0. The number of thioether (sulfide) groups is 1. The van der Waals surface area contributed by atoms with Crippen LogP contribution in [-0.4, -0.2) is 18.7 Å². The lowest BCUT2D eigenvalue weighted by molar-refractivity contribution is 0.0953. The zero-order valence-electron chi connectivity index (χ0n) is 11.4. The highest BCUT2D eigenvalue weighted by Gasteiger charge is 2.04. The summed E-state index contributed by atoms with van der Waals surface area (Å²) in [5.41, 5.74) is 2.03. The van der Waals surface area contributed by atoms with Crippen LogP contribution in [0.2, 0.25) is 0 Å². The van der Waals surface area contributed by atoms with Crippen LogP contribution in [0, 0.1) is 0 Å². The van der Waals surface area contributed by atoms with Gasteiger partial charge in [-0.15, -0.1) is 0 Å². The average molecular weight is 265 g/mol. The molecule has 100 valence electrons. The Morgan fingerprint density at radius 3 is 2.50 bits per heavy atom. The Bertz CT molecular complexity index is 348. The van der Waals surface area contributed by atoms with Gasteiger partial charge in [-0.1, -0.05) is 38.3 Å². The molecule has 0 heterocycles. The molecule has 0 saturated carbocycles. The molecule has 0 aliphatic heterocycles. The van der Waals surface area contributed by atoms with E-state index in [0.717, 1.165) is 24.3 Å². The number of rotatable bonds is 8. The number of nitrogens with one attached hydrogen (secondary N) is 1. The highest BCUT2D eigenvalue weighted by atomic mass is 32.2. The van der Waals surface area contributed by atoms with E-state index >= 15 is 0 Å². The normalized spacial score (nSPS) is 10.3. The summed E-state index contributed by atoms with van der Waals surface area (Å²) in [4.78, 5) is 11.8. The van der Waals surface area contributed by atoms with Crippen molar-refractivity contribution in [3.05, 3.63) is 35.4 Å². The van der Waals surface area contributed by atoms with Gasteiger partial charge in [0.05, 0.1) is 0 Å². The molecule has 0 bridgehead atoms. The smallest absolute Gasteiger partial charge is 0.251 e. The van der Waals surface area contributed by atoms with Crippen LogP contribution in [0.4, 0.5) is 0 Å². The molecule has 0 fully saturated rings. The molecule has 1 rings (SSSR count). The molecular weight excluding hydrogens is 242 g/mol. The van der Waals surface area contributed by atoms with Gasteiger partial charge in [0.25, 0.3) is 5.91 Å². The van der Waals surface area contributed by atoms with Crippen molar-refractivity contribution in [2.24, 2.45) is 0 Å². The maximum absolute atomic E-state index is 11.8. The van der Waals surface area contributed by atoms with Gasteiger partial charge < -0.3 is 5.32 Å². The Morgan fingerprint density at radius 2 is 1.89 bits per heavy atom. The van der Waals surface area contributed by atoms with Crippen molar-refractivity contribution in [2.75, 3.05) is 12.8 Å². The molecule has 0 atom stereocenters. The summed E-state index contributed by atoms with van der Waals surface area (Å²) in [6.07, 6.45) is 6.83. The topological polar surface area (TPSA) is 29.1 Å². The first-order valence-corrected chi connectivity index (χ1v) is 8.03. The first kappa shape index (κ1) is 15.1. The van der Waals surface area contributed by atoms with E-state index in [4.69, 9.17) is 0 Å². The molecule has 0 aliphatic rings. The largest absolute Gasteiger partial charge is 0.352 e. The number of benzene rings is 1. The first-order valence-electron chi connectivity index (χ1n) is 6.64. The summed E-state index contributed by atoms with van der Waals surface area (Å²) < 4.78 is 0. The second-order valence-electron chi connectivity index (χ2n) is 4.45. The van der Waals surface area contributed by atoms with Gasteiger partial charge in [-0.2, -0.15) is 11.8 Å². The Labute approximate surface area is 115 Å². The number of carbonyl (C=O) groups excluding carboxylic acids is 1. The van der Waals surface area contributed by atoms with Gasteiger partial charge in [0.15, 0.2) is 0 Å². The fourth-order valence-corrected chi connectivity index (χ4v) is 2.30. The minimum absolute atomic E-state index is 0.0437. The SMILES string of the molecule is CCCCCCNC(=O)c1ccc(CSC)cc1. The van der Waals surface area contributed by atoms with E-state index in [2.05, 4.69) is 18.5 Å². The van der Waals surface area contributed by atoms with Crippen LogP contribution >= 0.6 is 11.8 Å². The summed E-state index contributed by atoms with van der Waals surface area (Å²) in [5, 5.41) is 2.97. The van der Waals surface area contributed by atoms with E-state index in [1.807, 2.05) is 24.3 Å². The average Bonchev–Trinajstić information content (AvgIpc) is 2.39. The summed E-state index contributed by atoms with van der Waals surface area (Å²) in [6.45, 7) is 2.97. The van der Waals surface area contributed by atoms with Crippen LogP contribution in [-0.2, 0) is 5.75 Å². The molecule has 0 aromatic heterocycles. The van der Waals surface area contributed by atoms with Crippen molar-refractivity contribution in [2.45, 2.75) is 38.4 Å². The van der Waals surface area contributed by atoms with E-state index in [1.54, 1.807) is 11.8 Å². The van der Waals surface area contributed by atoms with E-state index in [0.29, 0.717) is 0 Å². The molecule has 1 N–H and O–H groups in total. The van der Waals surface area contributed by atoms with E-state index in [1.165, 1.54) is 24.8 Å². The molecule has 18 heavy (non-hydrogen) atoms. The lowest BCUT2D eigenvalue weighted by Crippen LogP contribution is -2.24. The van der Waals surface area contributed by atoms with Crippen molar-refractivity contribution in [1.82, 2.24) is 5.32 Å². The van der Waals surface area contributed by atoms with Crippen molar-refractivity contribution in [3.63, 3.8) is 0 Å². The molecule has 0 aliphatic carbocycles. The molecule has 3 heteroatoms. The van der Waals surface area contributed by atoms with E-state index < -0.39 is 0 Å². The predicted octanol–water partition coefficient (Wildman–Crippen LogP) is 3.86. The zero-order valence-corrected chi connectivity index (χ0v) is 12.2. The Morgan fingerprint density at radius 1 is 1.17 bits per heavy atom. The van der Waals surface area contributed by atoms with Gasteiger partial charge >= 0.3 is 0 Å². The highest BCUT2D eigenvalue weighted by molar-refractivity contribution is 7.97. The lowest BCUT2D eigenvalue weighted by Gasteiger charge is -2.05. The maximum Gasteiger partial charge on any atom is 0.251 e. The first-order chi connectivity index (χ1) is 8.77. The molecule has 2 nitrogen and oxygen atoms in total. The van der Waals surface area contributed by atoms with Crippen molar-refractivity contribution in [3.8, 4) is 0 Å². The molecule has 0 spiro atoms. The van der Waals surface area contributed by atoms with Crippen LogP contribution in [0.25, 0.3) is 0 Å². The third kappa shape index (κ3) is 5.58. The van der Waals surface area contributed by atoms with E-state index in [9.17, 15) is 4.79 Å². The highest BCUT2D eigenvalue weighted by Crippen LogP contribution is 2.10. The number of unbranched alkanes of at least 4 members (excludes halogenated alkanes) is 3. The molecular formula is C15H23NOS. The maximum atomic E-state index is 11.8. The minimum Gasteiger partial charge on any atom is -0.352 e. The Hall–Kier alpha value is -0.960. The summed E-state index contributed by atoms with van der Waals surface area (Å²) in [6, 6.07) is 7.88. The molecule has 0 radical (unpaired) electrons. The van der Waals surface area contributed by atoms with Gasteiger partial charge in [0.1, 0.15) is 0 Å². The minimum atomic E-state index is 0.0437. The molecule has 1 aromatic carbocycles. The van der Waals surface area contributed by atoms with E-state index in [-0.39, 0.29) is 5.91 Å². The van der Waals surface area contributed by atoms with Crippen molar-refractivity contribution < 1.29 is 4.79 Å². The van der Waals surface area contributed by atoms with Gasteiger partial charge in [-0.05, 0) is 30.4 Å². The Balaban J connectivity index is 2.32. The number of hydrogen-bond donors (Lipinski definition) is 1. The molecule has 1 amide bonds. The van der Waals surface area contributed by atoms with Gasteiger partial charge in [0, 0.05) is 17.9 Å². The van der Waals surface area contributed by atoms with Crippen molar-refractivity contribution >= 4 is 17.7 Å². The second-order valence-corrected chi connectivity index (χ2v) is 5.31. The van der Waals surface area contributed by atoms with Crippen LogP contribution in [0.15, 0.2) is 24.3 Å². The lowest BCUT2D eigenvalue weighted by atomic mass is 10.1. The number of amides is 1. The Kier molecular flexibility index (Phi) is 7.58. The van der Waals surface area contributed by atoms with Crippen LogP contribution in [0.3, 0.4) is 0 Å².